The molecule has 0 atom stereocenters. The van der Waals surface area contributed by atoms with Gasteiger partial charge in [-0.1, -0.05) is 0 Å². The molecule has 1 N–H and O–H groups in total. The van der Waals surface area contributed by atoms with Crippen LogP contribution in [-0.4, -0.2) is 94.3 Å². The molecule has 0 spiro atoms. The Bertz CT molecular complexity index is 1920. The summed E-state index contributed by atoms with van der Waals surface area (Å²) < 4.78 is 36.6. The number of halogens is 2. The average Bonchev–Trinajstić information content (AvgIpc) is 3.83. The van der Waals surface area contributed by atoms with Gasteiger partial charge in [0.25, 0.3) is 5.91 Å². The van der Waals surface area contributed by atoms with Gasteiger partial charge in [-0.3, -0.25) is 23.9 Å². The number of likely N-dealkylation sites (tertiary alicyclic amines) is 1. The highest BCUT2D eigenvalue weighted by atomic mass is 32.2. The Labute approximate surface area is 272 Å². The summed E-state index contributed by atoms with van der Waals surface area (Å²) in [6.45, 7) is 0.695. The molecule has 0 unspecified atom stereocenters. The largest absolute Gasteiger partial charge is 0.434 e. The fraction of sp³-hybridized carbons (Fsp3) is 0.355. The first-order chi connectivity index (χ1) is 22.9. The third-order valence-electron chi connectivity index (χ3n) is 8.59. The first-order valence-corrected chi connectivity index (χ1v) is 16.4. The maximum atomic E-state index is 13.5. The van der Waals surface area contributed by atoms with Gasteiger partial charge in [0.05, 0.1) is 24.1 Å². The number of alkyl halides is 2. The van der Waals surface area contributed by atoms with Crippen LogP contribution in [0.1, 0.15) is 28.9 Å². The zero-order valence-corrected chi connectivity index (χ0v) is 26.3. The predicted molar refractivity (Wildman–Crippen MR) is 169 cm³/mol. The maximum Gasteiger partial charge on any atom is 0.387 e. The first kappa shape index (κ1) is 30.8. The van der Waals surface area contributed by atoms with Crippen molar-refractivity contribution < 1.29 is 23.1 Å². The number of piperidine rings is 1. The van der Waals surface area contributed by atoms with Crippen LogP contribution in [0.15, 0.2) is 66.2 Å². The minimum atomic E-state index is -3.07. The summed E-state index contributed by atoms with van der Waals surface area (Å²) in [5.41, 5.74) is 2.42. The maximum absolute atomic E-state index is 13.5. The number of rotatable bonds is 9. The normalized spacial score (nSPS) is 15.7. The lowest BCUT2D eigenvalue weighted by Gasteiger charge is -2.40. The molecule has 0 aliphatic carbocycles. The van der Waals surface area contributed by atoms with Gasteiger partial charge in [-0.05, 0) is 49.4 Å². The van der Waals surface area contributed by atoms with Gasteiger partial charge in [-0.15, -0.1) is 11.8 Å². The van der Waals surface area contributed by atoms with Gasteiger partial charge < -0.3 is 15.0 Å². The quantitative estimate of drug-likeness (QED) is 0.234. The monoisotopic (exact) mass is 662 g/mol. The van der Waals surface area contributed by atoms with E-state index in [1.54, 1.807) is 30.6 Å². The molecule has 4 aromatic heterocycles. The molecule has 0 radical (unpaired) electrons. The van der Waals surface area contributed by atoms with Crippen molar-refractivity contribution in [3.8, 4) is 17.0 Å². The number of fused-ring (bicyclic) bond motifs is 2. The molecule has 2 amide bonds. The second kappa shape index (κ2) is 13.1. The third kappa shape index (κ3) is 6.42. The number of hydrogen-bond donors (Lipinski definition) is 1. The molecular weight excluding hydrogens is 630 g/mol. The van der Waals surface area contributed by atoms with E-state index in [9.17, 15) is 18.4 Å². The number of amides is 2. The highest BCUT2D eigenvalue weighted by Gasteiger charge is 2.30. The number of carbonyl (C=O) groups excluding carboxylic acids is 2. The van der Waals surface area contributed by atoms with Crippen LogP contribution in [0, 0.1) is 0 Å². The highest BCUT2D eigenvalue weighted by molar-refractivity contribution is 7.98. The van der Waals surface area contributed by atoms with Crippen LogP contribution in [0.5, 0.6) is 5.75 Å². The van der Waals surface area contributed by atoms with E-state index in [1.165, 1.54) is 45.1 Å². The number of carbonyl (C=O) groups is 2. The zero-order chi connectivity index (χ0) is 32.5. The summed E-state index contributed by atoms with van der Waals surface area (Å²) in [5, 5.41) is 16.0. The Hall–Kier alpha value is -4.83. The molecule has 13 nitrogen and oxygen atoms in total. The van der Waals surface area contributed by atoms with E-state index in [2.05, 4.69) is 36.6 Å². The summed E-state index contributed by atoms with van der Waals surface area (Å²) in [5.74, 6) is -0.753. The van der Waals surface area contributed by atoms with E-state index < -0.39 is 12.5 Å². The minimum absolute atomic E-state index is 0.0953. The van der Waals surface area contributed by atoms with Gasteiger partial charge in [0.2, 0.25) is 5.91 Å². The van der Waals surface area contributed by atoms with Crippen LogP contribution >= 0.6 is 11.8 Å². The molecule has 1 saturated heterocycles. The van der Waals surface area contributed by atoms with Gasteiger partial charge in [-0.2, -0.15) is 24.1 Å². The molecule has 1 fully saturated rings. The van der Waals surface area contributed by atoms with Crippen LogP contribution in [0.3, 0.4) is 0 Å². The number of benzene rings is 1. The second-order valence-electron chi connectivity index (χ2n) is 11.4. The van der Waals surface area contributed by atoms with E-state index in [0.717, 1.165) is 37.4 Å². The summed E-state index contributed by atoms with van der Waals surface area (Å²) in [6, 6.07) is 8.90. The van der Waals surface area contributed by atoms with Crippen molar-refractivity contribution in [2.24, 2.45) is 0 Å². The van der Waals surface area contributed by atoms with Crippen molar-refractivity contribution in [1.82, 2.24) is 44.0 Å². The van der Waals surface area contributed by atoms with E-state index in [1.807, 2.05) is 22.0 Å². The lowest BCUT2D eigenvalue weighted by atomic mass is 10.0. The molecular formula is C31H32F2N10O3S. The lowest BCUT2D eigenvalue weighted by molar-refractivity contribution is -0.133. The number of nitrogens with zero attached hydrogens (tertiary/aromatic N) is 9. The number of aromatic nitrogens is 7. The number of ether oxygens (including phenoxy) is 1. The second-order valence-corrected chi connectivity index (χ2v) is 12.2. The molecule has 244 valence electrons. The fourth-order valence-corrected chi connectivity index (χ4v) is 6.67. The topological polar surface area (TPSA) is 128 Å². The lowest BCUT2D eigenvalue weighted by Crippen LogP contribution is -2.49. The van der Waals surface area contributed by atoms with Gasteiger partial charge in [0.15, 0.2) is 5.65 Å². The van der Waals surface area contributed by atoms with Crippen LogP contribution in [0.4, 0.5) is 14.5 Å². The van der Waals surface area contributed by atoms with E-state index in [0.29, 0.717) is 24.8 Å². The van der Waals surface area contributed by atoms with Gasteiger partial charge in [-0.25, -0.2) is 9.50 Å². The van der Waals surface area contributed by atoms with E-state index in [4.69, 9.17) is 4.74 Å². The van der Waals surface area contributed by atoms with Crippen LogP contribution in [0.2, 0.25) is 0 Å². The number of anilines is 1. The zero-order valence-electron chi connectivity index (χ0n) is 25.5. The molecule has 0 saturated carbocycles. The molecule has 0 bridgehead atoms. The molecule has 2 aliphatic heterocycles. The molecule has 7 rings (SSSR count). The van der Waals surface area contributed by atoms with Crippen LogP contribution in [-0.2, 0) is 24.4 Å². The Morgan fingerprint density at radius 2 is 1.96 bits per heavy atom. The third-order valence-corrected chi connectivity index (χ3v) is 9.32. The fourth-order valence-electron chi connectivity index (χ4n) is 6.23. The standard InChI is InChI=1S/C31H32F2N10O3S/c1-47-22-3-4-26(46-31(32)33)23(15-22)28-25(37-30(45)24-16-36-43-10-2-8-34-29(24)43)18-41(38-28)19-27(44)39-11-6-20(7-12-39)40-13-14-42-21(17-40)5-9-35-42/h2-5,8-10,15-16,18,20,31H,6-7,11-14,17,19H2,1H3,(H,37,45). The van der Waals surface area contributed by atoms with Crippen molar-refractivity contribution in [3.05, 3.63) is 72.6 Å². The highest BCUT2D eigenvalue weighted by Crippen LogP contribution is 2.38. The number of thioether (sulfide) groups is 1. The molecule has 5 aromatic rings. The van der Waals surface area contributed by atoms with Gasteiger partial charge >= 0.3 is 6.61 Å². The van der Waals surface area contributed by atoms with Crippen LogP contribution < -0.4 is 10.1 Å². The van der Waals surface area contributed by atoms with Gasteiger partial charge in [0, 0.05) is 67.5 Å². The number of nitrogens with one attached hydrogen (secondary N) is 1. The molecule has 2 aliphatic rings. The summed E-state index contributed by atoms with van der Waals surface area (Å²) >= 11 is 1.42. The van der Waals surface area contributed by atoms with Crippen molar-refractivity contribution in [2.75, 3.05) is 31.2 Å². The van der Waals surface area contributed by atoms with Crippen molar-refractivity contribution in [3.63, 3.8) is 0 Å². The smallest absolute Gasteiger partial charge is 0.387 e. The molecule has 1 aromatic carbocycles. The summed E-state index contributed by atoms with van der Waals surface area (Å²) in [6.07, 6.45) is 11.6. The van der Waals surface area contributed by atoms with Crippen molar-refractivity contribution in [2.45, 2.75) is 50.0 Å². The Morgan fingerprint density at radius 1 is 1.11 bits per heavy atom. The SMILES string of the molecule is CSc1ccc(OC(F)F)c(-c2nn(CC(=O)N3CCC(N4CCn5nccc5C4)CC3)cc2NC(=O)c2cnn3cccnc23)c1. The Kier molecular flexibility index (Phi) is 8.60. The van der Waals surface area contributed by atoms with E-state index >= 15 is 0 Å². The number of hydrogen-bond acceptors (Lipinski definition) is 9. The Balaban J connectivity index is 1.12. The molecule has 6 heterocycles. The average molecular weight is 663 g/mol. The summed E-state index contributed by atoms with van der Waals surface area (Å²) in [7, 11) is 0. The molecule has 16 heteroatoms. The van der Waals surface area contributed by atoms with Crippen molar-refractivity contribution >= 4 is 34.9 Å². The molecule has 47 heavy (non-hydrogen) atoms. The Morgan fingerprint density at radius 3 is 2.77 bits per heavy atom. The summed E-state index contributed by atoms with van der Waals surface area (Å²) in [4.78, 5) is 36.3. The predicted octanol–water partition coefficient (Wildman–Crippen LogP) is 3.87. The van der Waals surface area contributed by atoms with E-state index in [-0.39, 0.29) is 40.7 Å². The van der Waals surface area contributed by atoms with Crippen LogP contribution in [0.25, 0.3) is 16.9 Å². The van der Waals surface area contributed by atoms with Gasteiger partial charge in [0.1, 0.15) is 23.6 Å². The van der Waals surface area contributed by atoms with Crippen molar-refractivity contribution in [1.29, 1.82) is 0 Å². The first-order valence-electron chi connectivity index (χ1n) is 15.2. The minimum Gasteiger partial charge on any atom is -0.434 e.